The summed E-state index contributed by atoms with van der Waals surface area (Å²) in [5, 5.41) is 11.0. The minimum Gasteiger partial charge on any atom is -0.481 e. The zero-order chi connectivity index (χ0) is 11.7. The lowest BCUT2D eigenvalue weighted by Crippen LogP contribution is -2.33. The fourth-order valence-electron chi connectivity index (χ4n) is 0.964. The molecule has 5 heteroatoms. The molecule has 0 rings (SSSR count). The molecule has 0 saturated carbocycles. The molecule has 0 aliphatic carbocycles. The van der Waals surface area contributed by atoms with Gasteiger partial charge in [0.1, 0.15) is 0 Å². The average molecular weight is 217 g/mol. The van der Waals surface area contributed by atoms with Gasteiger partial charge in [-0.25, -0.2) is 4.79 Å². The van der Waals surface area contributed by atoms with Gasteiger partial charge >= 0.3 is 12.1 Å². The van der Waals surface area contributed by atoms with Gasteiger partial charge in [-0.2, -0.15) is 0 Å². The number of aliphatic carboxylic acids is 1. The lowest BCUT2D eigenvalue weighted by atomic mass is 10.2. The van der Waals surface area contributed by atoms with Crippen LogP contribution in [0.1, 0.15) is 39.5 Å². The monoisotopic (exact) mass is 217 g/mol. The lowest BCUT2D eigenvalue weighted by Gasteiger charge is -2.12. The third-order valence-corrected chi connectivity index (χ3v) is 1.89. The minimum atomic E-state index is -0.858. The van der Waals surface area contributed by atoms with Gasteiger partial charge in [-0.3, -0.25) is 4.79 Å². The number of alkyl carbamates (subject to hydrolysis) is 1. The van der Waals surface area contributed by atoms with Crippen LogP contribution >= 0.6 is 0 Å². The molecule has 0 aromatic rings. The Labute approximate surface area is 89.8 Å². The highest BCUT2D eigenvalue weighted by Gasteiger charge is 2.09. The first-order chi connectivity index (χ1) is 7.06. The fourth-order valence-corrected chi connectivity index (χ4v) is 0.964. The van der Waals surface area contributed by atoms with Crippen molar-refractivity contribution in [2.24, 2.45) is 0 Å². The van der Waals surface area contributed by atoms with E-state index in [4.69, 9.17) is 9.84 Å². The lowest BCUT2D eigenvalue weighted by molar-refractivity contribution is -0.137. The number of unbranched alkanes of at least 4 members (excludes halogenated alkanes) is 1. The van der Waals surface area contributed by atoms with E-state index in [1.165, 1.54) is 0 Å². The first-order valence-corrected chi connectivity index (χ1v) is 5.21. The van der Waals surface area contributed by atoms with Crippen LogP contribution < -0.4 is 5.32 Å². The highest BCUT2D eigenvalue weighted by molar-refractivity contribution is 5.68. The van der Waals surface area contributed by atoms with Crippen LogP contribution in [0.15, 0.2) is 0 Å². The number of rotatable bonds is 7. The molecule has 0 heterocycles. The summed E-state index contributed by atoms with van der Waals surface area (Å²) >= 11 is 0. The summed E-state index contributed by atoms with van der Waals surface area (Å²) in [4.78, 5) is 21.3. The number of carbonyl (C=O) groups excluding carboxylic acids is 1. The Balaban J connectivity index is 3.53. The SMILES string of the molecule is CCCCOC(=O)N[C@@H](C)CCC(=O)O. The van der Waals surface area contributed by atoms with E-state index in [0.29, 0.717) is 13.0 Å². The quantitative estimate of drug-likeness (QED) is 0.637. The van der Waals surface area contributed by atoms with E-state index in [0.717, 1.165) is 12.8 Å². The van der Waals surface area contributed by atoms with Crippen molar-refractivity contribution >= 4 is 12.1 Å². The second kappa shape index (κ2) is 8.08. The fraction of sp³-hybridized carbons (Fsp3) is 0.800. The standard InChI is InChI=1S/C10H19NO4/c1-3-4-7-15-10(14)11-8(2)5-6-9(12)13/h8H,3-7H2,1-2H3,(H,11,14)(H,12,13)/t8-/m0/s1. The Kier molecular flexibility index (Phi) is 7.40. The topological polar surface area (TPSA) is 75.6 Å². The first kappa shape index (κ1) is 13.7. The van der Waals surface area contributed by atoms with Gasteiger partial charge in [-0.15, -0.1) is 0 Å². The third-order valence-electron chi connectivity index (χ3n) is 1.89. The summed E-state index contributed by atoms with van der Waals surface area (Å²) < 4.78 is 4.86. The predicted molar refractivity (Wildman–Crippen MR) is 55.7 cm³/mol. The molecule has 0 aliphatic rings. The summed E-state index contributed by atoms with van der Waals surface area (Å²) in [5.74, 6) is -0.858. The van der Waals surface area contributed by atoms with Crippen molar-refractivity contribution in [3.8, 4) is 0 Å². The number of nitrogens with one attached hydrogen (secondary N) is 1. The van der Waals surface area contributed by atoms with Crippen LogP contribution in [0.5, 0.6) is 0 Å². The predicted octanol–water partition coefficient (Wildman–Crippen LogP) is 1.77. The molecular formula is C10H19NO4. The highest BCUT2D eigenvalue weighted by atomic mass is 16.5. The summed E-state index contributed by atoms with van der Waals surface area (Å²) in [7, 11) is 0. The van der Waals surface area contributed by atoms with E-state index in [1.807, 2.05) is 6.92 Å². The molecule has 0 radical (unpaired) electrons. The number of carboxylic acids is 1. The number of amides is 1. The molecule has 0 unspecified atom stereocenters. The Morgan fingerprint density at radius 3 is 2.67 bits per heavy atom. The van der Waals surface area contributed by atoms with Gasteiger partial charge in [0.25, 0.3) is 0 Å². The number of hydrogen-bond donors (Lipinski definition) is 2. The zero-order valence-corrected chi connectivity index (χ0v) is 9.28. The van der Waals surface area contributed by atoms with Crippen molar-refractivity contribution in [3.63, 3.8) is 0 Å². The van der Waals surface area contributed by atoms with Crippen LogP contribution in [-0.4, -0.2) is 29.8 Å². The second-order valence-electron chi connectivity index (χ2n) is 3.47. The number of hydrogen-bond acceptors (Lipinski definition) is 3. The maximum Gasteiger partial charge on any atom is 0.407 e. The molecule has 88 valence electrons. The molecule has 5 nitrogen and oxygen atoms in total. The van der Waals surface area contributed by atoms with Gasteiger partial charge in [0.2, 0.25) is 0 Å². The second-order valence-corrected chi connectivity index (χ2v) is 3.47. The zero-order valence-electron chi connectivity index (χ0n) is 9.28. The largest absolute Gasteiger partial charge is 0.481 e. The van der Waals surface area contributed by atoms with Gasteiger partial charge < -0.3 is 15.2 Å². The Bertz CT molecular complexity index is 206. The van der Waals surface area contributed by atoms with E-state index >= 15 is 0 Å². The third kappa shape index (κ3) is 9.05. The molecule has 15 heavy (non-hydrogen) atoms. The van der Waals surface area contributed by atoms with Gasteiger partial charge in [0.05, 0.1) is 6.61 Å². The van der Waals surface area contributed by atoms with Gasteiger partial charge in [-0.05, 0) is 19.8 Å². The van der Waals surface area contributed by atoms with E-state index in [2.05, 4.69) is 5.32 Å². The van der Waals surface area contributed by atoms with Crippen LogP contribution in [0, 0.1) is 0 Å². The normalized spacial score (nSPS) is 11.9. The first-order valence-electron chi connectivity index (χ1n) is 5.21. The Morgan fingerprint density at radius 1 is 1.47 bits per heavy atom. The molecule has 0 saturated heterocycles. The molecular weight excluding hydrogens is 198 g/mol. The van der Waals surface area contributed by atoms with E-state index in [9.17, 15) is 9.59 Å². The Morgan fingerprint density at radius 2 is 2.13 bits per heavy atom. The smallest absolute Gasteiger partial charge is 0.407 e. The maximum atomic E-state index is 11.1. The summed E-state index contributed by atoms with van der Waals surface area (Å²) in [6.45, 7) is 4.18. The van der Waals surface area contributed by atoms with E-state index in [1.54, 1.807) is 6.92 Å². The Hall–Kier alpha value is -1.26. The number of ether oxygens (including phenoxy) is 1. The van der Waals surface area contributed by atoms with Crippen molar-refractivity contribution in [2.75, 3.05) is 6.61 Å². The van der Waals surface area contributed by atoms with Crippen molar-refractivity contribution in [1.82, 2.24) is 5.32 Å². The van der Waals surface area contributed by atoms with Crippen LogP contribution in [0.2, 0.25) is 0 Å². The molecule has 0 spiro atoms. The minimum absolute atomic E-state index is 0.0520. The van der Waals surface area contributed by atoms with Crippen LogP contribution in [0.3, 0.4) is 0 Å². The van der Waals surface area contributed by atoms with E-state index < -0.39 is 12.1 Å². The molecule has 0 aromatic carbocycles. The molecule has 0 bridgehead atoms. The van der Waals surface area contributed by atoms with Crippen molar-refractivity contribution in [1.29, 1.82) is 0 Å². The van der Waals surface area contributed by atoms with Crippen molar-refractivity contribution in [3.05, 3.63) is 0 Å². The van der Waals surface area contributed by atoms with Crippen LogP contribution in [-0.2, 0) is 9.53 Å². The average Bonchev–Trinajstić information content (AvgIpc) is 2.15. The van der Waals surface area contributed by atoms with Crippen LogP contribution in [0.25, 0.3) is 0 Å². The highest BCUT2D eigenvalue weighted by Crippen LogP contribution is 1.97. The summed E-state index contributed by atoms with van der Waals surface area (Å²) in [6.07, 6.45) is 1.81. The van der Waals surface area contributed by atoms with Crippen molar-refractivity contribution < 1.29 is 19.4 Å². The van der Waals surface area contributed by atoms with Gasteiger partial charge in [0.15, 0.2) is 0 Å². The molecule has 0 fully saturated rings. The van der Waals surface area contributed by atoms with Gasteiger partial charge in [0, 0.05) is 12.5 Å². The van der Waals surface area contributed by atoms with E-state index in [-0.39, 0.29) is 12.5 Å². The maximum absolute atomic E-state index is 11.1. The molecule has 0 aromatic heterocycles. The molecule has 1 atom stereocenters. The summed E-state index contributed by atoms with van der Waals surface area (Å²) in [5.41, 5.74) is 0. The van der Waals surface area contributed by atoms with Crippen molar-refractivity contribution in [2.45, 2.75) is 45.6 Å². The molecule has 2 N–H and O–H groups in total. The molecule has 0 aliphatic heterocycles. The number of carbonyl (C=O) groups is 2. The molecule has 1 amide bonds. The van der Waals surface area contributed by atoms with Crippen LogP contribution in [0.4, 0.5) is 4.79 Å². The number of carboxylic acid groups (broad SMARTS) is 1. The summed E-state index contributed by atoms with van der Waals surface area (Å²) in [6, 6.07) is -0.171. The van der Waals surface area contributed by atoms with Gasteiger partial charge in [-0.1, -0.05) is 13.3 Å².